The monoisotopic (exact) mass is 385 g/mol. The number of rotatable bonds is 3. The van der Waals surface area contributed by atoms with Gasteiger partial charge >= 0.3 is 0 Å². The summed E-state index contributed by atoms with van der Waals surface area (Å²) in [5, 5.41) is 4.45. The van der Waals surface area contributed by atoms with E-state index in [0.29, 0.717) is 28.0 Å². The van der Waals surface area contributed by atoms with Crippen LogP contribution in [-0.4, -0.2) is 10.9 Å². The molecule has 1 atom stereocenters. The normalized spacial score (nSPS) is 16.5. The van der Waals surface area contributed by atoms with Gasteiger partial charge in [-0.05, 0) is 48.4 Å². The van der Waals surface area contributed by atoms with Gasteiger partial charge < -0.3 is 11.1 Å². The van der Waals surface area contributed by atoms with Gasteiger partial charge in [-0.15, -0.1) is 11.3 Å². The second-order valence-electron chi connectivity index (χ2n) is 6.91. The highest BCUT2D eigenvalue weighted by Crippen LogP contribution is 2.36. The highest BCUT2D eigenvalue weighted by Gasteiger charge is 2.22. The lowest BCUT2D eigenvalue weighted by Gasteiger charge is -2.20. The lowest BCUT2D eigenvalue weighted by Crippen LogP contribution is -2.22. The van der Waals surface area contributed by atoms with E-state index >= 15 is 0 Å². The Bertz CT molecular complexity index is 998. The Morgan fingerprint density at radius 1 is 1.42 bits per heavy atom. The summed E-state index contributed by atoms with van der Waals surface area (Å²) in [5.41, 5.74) is 10.1. The summed E-state index contributed by atoms with van der Waals surface area (Å²) >= 11 is 7.51. The van der Waals surface area contributed by atoms with E-state index in [1.54, 1.807) is 0 Å². The third kappa shape index (κ3) is 3.17. The van der Waals surface area contributed by atoms with Gasteiger partial charge in [0.15, 0.2) is 0 Å². The molecule has 1 aliphatic carbocycles. The van der Waals surface area contributed by atoms with Crippen molar-refractivity contribution < 1.29 is 4.79 Å². The predicted octanol–water partition coefficient (Wildman–Crippen LogP) is 4.59. The van der Waals surface area contributed by atoms with E-state index in [2.05, 4.69) is 18.3 Å². The van der Waals surface area contributed by atoms with E-state index in [9.17, 15) is 4.79 Å². The minimum atomic E-state index is -0.184. The molecule has 0 radical (unpaired) electrons. The first kappa shape index (κ1) is 17.3. The summed E-state index contributed by atoms with van der Waals surface area (Å²) in [6.07, 6.45) is 3.19. The molecule has 1 unspecified atom stereocenters. The summed E-state index contributed by atoms with van der Waals surface area (Å²) in [5.74, 6) is 0.483. The van der Waals surface area contributed by atoms with Crippen LogP contribution in [-0.2, 0) is 19.4 Å². The number of anilines is 1. The molecule has 0 saturated heterocycles. The molecule has 4 nitrogen and oxygen atoms in total. The maximum absolute atomic E-state index is 12.6. The number of nitrogen functional groups attached to an aromatic ring is 1. The molecule has 26 heavy (non-hydrogen) atoms. The van der Waals surface area contributed by atoms with Gasteiger partial charge in [0.2, 0.25) is 0 Å². The number of carbonyl (C=O) groups excluding carboxylic acids is 1. The number of thiophene rings is 1. The summed E-state index contributed by atoms with van der Waals surface area (Å²) in [7, 11) is 0. The molecule has 6 heteroatoms. The molecule has 4 rings (SSSR count). The topological polar surface area (TPSA) is 68.0 Å². The smallest absolute Gasteiger partial charge is 0.263 e. The molecule has 134 valence electrons. The number of hydrogen-bond donors (Lipinski definition) is 2. The molecule has 2 heterocycles. The summed E-state index contributed by atoms with van der Waals surface area (Å²) in [6, 6.07) is 9.60. The van der Waals surface area contributed by atoms with Gasteiger partial charge in [0.25, 0.3) is 5.91 Å². The van der Waals surface area contributed by atoms with Crippen LogP contribution in [0.15, 0.2) is 30.3 Å². The number of nitrogens with zero attached hydrogens (tertiary/aromatic N) is 1. The fourth-order valence-electron chi connectivity index (χ4n) is 3.44. The number of hydrogen-bond acceptors (Lipinski definition) is 4. The number of aromatic nitrogens is 1. The van der Waals surface area contributed by atoms with Crippen molar-refractivity contribution in [3.05, 3.63) is 57.1 Å². The van der Waals surface area contributed by atoms with Crippen LogP contribution in [0.25, 0.3) is 10.2 Å². The van der Waals surface area contributed by atoms with E-state index < -0.39 is 0 Å². The van der Waals surface area contributed by atoms with Gasteiger partial charge in [-0.3, -0.25) is 4.79 Å². The Balaban J connectivity index is 1.61. The van der Waals surface area contributed by atoms with Crippen LogP contribution < -0.4 is 11.1 Å². The van der Waals surface area contributed by atoms with E-state index in [1.807, 2.05) is 24.3 Å². The zero-order valence-electron chi connectivity index (χ0n) is 14.5. The molecule has 3 aromatic rings. The van der Waals surface area contributed by atoms with E-state index in [1.165, 1.54) is 16.9 Å². The van der Waals surface area contributed by atoms with E-state index in [-0.39, 0.29) is 5.91 Å². The number of carbonyl (C=O) groups is 1. The van der Waals surface area contributed by atoms with E-state index in [4.69, 9.17) is 22.3 Å². The van der Waals surface area contributed by atoms with Crippen molar-refractivity contribution in [2.45, 2.75) is 32.7 Å². The lowest BCUT2D eigenvalue weighted by molar-refractivity contribution is 0.0956. The molecule has 1 aliphatic rings. The molecule has 0 spiro atoms. The van der Waals surface area contributed by atoms with Gasteiger partial charge in [0, 0.05) is 22.6 Å². The maximum atomic E-state index is 12.6. The second-order valence-corrected chi connectivity index (χ2v) is 8.32. The molecule has 1 amide bonds. The number of nitrogens with two attached hydrogens (primary N) is 1. The molecule has 0 bridgehead atoms. The summed E-state index contributed by atoms with van der Waals surface area (Å²) in [6.45, 7) is 2.63. The third-order valence-electron chi connectivity index (χ3n) is 4.94. The van der Waals surface area contributed by atoms with E-state index in [0.717, 1.165) is 40.7 Å². The van der Waals surface area contributed by atoms with Crippen molar-refractivity contribution >= 4 is 44.7 Å². The standard InChI is InChI=1S/C20H20ClN3OS/c1-11-6-7-16-13(8-11)9-14-17(22)18(26-20(14)24-16)19(25)23-10-12-4-2-3-5-15(12)21/h2-5,9,11H,6-8,10,22H2,1H3,(H,23,25). The molecule has 0 aliphatic heterocycles. The zero-order valence-corrected chi connectivity index (χ0v) is 16.1. The first-order valence-electron chi connectivity index (χ1n) is 8.75. The van der Waals surface area contributed by atoms with Crippen LogP contribution in [0.5, 0.6) is 0 Å². The minimum absolute atomic E-state index is 0.184. The maximum Gasteiger partial charge on any atom is 0.263 e. The van der Waals surface area contributed by atoms with Crippen molar-refractivity contribution in [2.24, 2.45) is 5.92 Å². The Hall–Kier alpha value is -2.11. The fourth-order valence-corrected chi connectivity index (χ4v) is 4.65. The Kier molecular flexibility index (Phi) is 4.59. The van der Waals surface area contributed by atoms with Crippen molar-refractivity contribution in [3.63, 3.8) is 0 Å². The van der Waals surface area contributed by atoms with Crippen molar-refractivity contribution in [1.29, 1.82) is 0 Å². The molecule has 2 aromatic heterocycles. The molecule has 0 saturated carbocycles. The molecule has 3 N–H and O–H groups in total. The number of pyridine rings is 1. The van der Waals surface area contributed by atoms with Gasteiger partial charge in [0.05, 0.1) is 5.69 Å². The lowest BCUT2D eigenvalue weighted by atomic mass is 9.87. The average Bonchev–Trinajstić information content (AvgIpc) is 2.95. The Morgan fingerprint density at radius 3 is 3.04 bits per heavy atom. The number of fused-ring (bicyclic) bond motifs is 2. The second kappa shape index (κ2) is 6.89. The van der Waals surface area contributed by atoms with Crippen molar-refractivity contribution in [3.8, 4) is 0 Å². The predicted molar refractivity (Wildman–Crippen MR) is 108 cm³/mol. The van der Waals surface area contributed by atoms with Crippen LogP contribution in [0.1, 0.15) is 39.8 Å². The Labute approximate surface area is 161 Å². The number of amides is 1. The molecule has 0 fully saturated rings. The van der Waals surface area contributed by atoms with Crippen LogP contribution >= 0.6 is 22.9 Å². The quantitative estimate of drug-likeness (QED) is 0.693. The first-order chi connectivity index (χ1) is 12.5. The summed E-state index contributed by atoms with van der Waals surface area (Å²) < 4.78 is 0. The molecular formula is C20H20ClN3OS. The SMILES string of the molecule is CC1CCc2nc3sc(C(=O)NCc4ccccc4Cl)c(N)c3cc2C1. The number of benzene rings is 1. The van der Waals surface area contributed by atoms with Gasteiger partial charge in [-0.2, -0.15) is 0 Å². The first-order valence-corrected chi connectivity index (χ1v) is 9.94. The highest BCUT2D eigenvalue weighted by atomic mass is 35.5. The van der Waals surface area contributed by atoms with Gasteiger partial charge in [-0.25, -0.2) is 4.98 Å². The highest BCUT2D eigenvalue weighted by molar-refractivity contribution is 7.21. The number of nitrogens with one attached hydrogen (secondary N) is 1. The number of halogens is 1. The third-order valence-corrected chi connectivity index (χ3v) is 6.42. The average molecular weight is 386 g/mol. The minimum Gasteiger partial charge on any atom is -0.397 e. The largest absolute Gasteiger partial charge is 0.397 e. The van der Waals surface area contributed by atoms with Crippen molar-refractivity contribution in [1.82, 2.24) is 10.3 Å². The Morgan fingerprint density at radius 2 is 2.23 bits per heavy atom. The van der Waals surface area contributed by atoms with Gasteiger partial charge in [-0.1, -0.05) is 36.7 Å². The van der Waals surface area contributed by atoms with Crippen LogP contribution in [0.3, 0.4) is 0 Å². The van der Waals surface area contributed by atoms with Crippen LogP contribution in [0.4, 0.5) is 5.69 Å². The molecular weight excluding hydrogens is 366 g/mol. The molecule has 1 aromatic carbocycles. The number of aryl methyl sites for hydroxylation is 1. The van der Waals surface area contributed by atoms with Gasteiger partial charge in [0.1, 0.15) is 9.71 Å². The summed E-state index contributed by atoms with van der Waals surface area (Å²) in [4.78, 5) is 18.8. The van der Waals surface area contributed by atoms with Crippen LogP contribution in [0.2, 0.25) is 5.02 Å². The van der Waals surface area contributed by atoms with Crippen LogP contribution in [0, 0.1) is 5.92 Å². The van der Waals surface area contributed by atoms with Crippen molar-refractivity contribution in [2.75, 3.05) is 5.73 Å². The fraction of sp³-hybridized carbons (Fsp3) is 0.300. The zero-order chi connectivity index (χ0) is 18.3.